The van der Waals surface area contributed by atoms with Crippen LogP contribution in [0.1, 0.15) is 41.2 Å². The van der Waals surface area contributed by atoms with Crippen molar-refractivity contribution in [3.63, 3.8) is 0 Å². The number of H-pyrrole nitrogens is 1. The summed E-state index contributed by atoms with van der Waals surface area (Å²) in [6.07, 6.45) is 1.26. The molecule has 0 atom stereocenters. The van der Waals surface area contributed by atoms with Gasteiger partial charge in [0.05, 0.1) is 17.3 Å². The maximum Gasteiger partial charge on any atom is 0.264 e. The average Bonchev–Trinajstić information content (AvgIpc) is 2.72. The van der Waals surface area contributed by atoms with Crippen LogP contribution in [0.5, 0.6) is 0 Å². The van der Waals surface area contributed by atoms with Gasteiger partial charge in [-0.05, 0) is 30.5 Å². The zero-order valence-corrected chi connectivity index (χ0v) is 16.8. The summed E-state index contributed by atoms with van der Waals surface area (Å²) in [6.45, 7) is 4.22. The first-order valence-corrected chi connectivity index (χ1v) is 9.78. The van der Waals surface area contributed by atoms with Crippen LogP contribution in [0.15, 0.2) is 65.5 Å². The van der Waals surface area contributed by atoms with E-state index < -0.39 is 0 Å². The van der Waals surface area contributed by atoms with Gasteiger partial charge in [-0.2, -0.15) is 0 Å². The van der Waals surface area contributed by atoms with Crippen LogP contribution in [-0.4, -0.2) is 10.9 Å². The number of amides is 1. The van der Waals surface area contributed by atoms with Crippen LogP contribution in [-0.2, 0) is 19.4 Å². The quantitative estimate of drug-likeness (QED) is 0.639. The molecule has 2 aromatic carbocycles. The van der Waals surface area contributed by atoms with Crippen molar-refractivity contribution in [2.45, 2.75) is 33.2 Å². The Kier molecular flexibility index (Phi) is 6.32. The predicted octanol–water partition coefficient (Wildman–Crippen LogP) is 5.00. The number of pyridine rings is 1. The zero-order chi connectivity index (χ0) is 20.1. The highest BCUT2D eigenvalue weighted by molar-refractivity contribution is 6.34. The normalized spacial score (nSPS) is 10.7. The topological polar surface area (TPSA) is 53.2 Å². The zero-order valence-electron chi connectivity index (χ0n) is 16.0. The summed E-state index contributed by atoms with van der Waals surface area (Å²) in [5.74, 6) is -0.349. The van der Waals surface area contributed by atoms with Crippen LogP contribution in [0.25, 0.3) is 0 Å². The van der Waals surface area contributed by atoms with Crippen molar-refractivity contribution in [3.05, 3.63) is 98.4 Å². The number of aromatic amines is 1. The van der Waals surface area contributed by atoms with E-state index in [1.54, 1.807) is 17.0 Å². The van der Waals surface area contributed by atoms with Gasteiger partial charge >= 0.3 is 0 Å². The molecule has 0 aliphatic heterocycles. The van der Waals surface area contributed by atoms with Gasteiger partial charge in [-0.3, -0.25) is 9.59 Å². The van der Waals surface area contributed by atoms with Gasteiger partial charge in [0.1, 0.15) is 5.56 Å². The first-order chi connectivity index (χ1) is 13.5. The van der Waals surface area contributed by atoms with E-state index >= 15 is 0 Å². The Hall–Kier alpha value is -2.85. The fourth-order valence-electron chi connectivity index (χ4n) is 3.20. The lowest BCUT2D eigenvalue weighted by Gasteiger charge is -2.25. The lowest BCUT2D eigenvalue weighted by Crippen LogP contribution is -2.35. The molecule has 0 spiro atoms. The number of nitrogens with one attached hydrogen (secondary N) is 1. The molecule has 0 fully saturated rings. The van der Waals surface area contributed by atoms with E-state index in [2.05, 4.69) is 4.98 Å². The van der Waals surface area contributed by atoms with E-state index in [-0.39, 0.29) is 16.9 Å². The number of nitrogens with zero attached hydrogens (tertiary/aromatic N) is 1. The Bertz CT molecular complexity index is 1030. The molecule has 1 amide bonds. The Balaban J connectivity index is 2.12. The lowest BCUT2D eigenvalue weighted by atomic mass is 10.1. The molecule has 0 aliphatic carbocycles. The number of rotatable bonds is 6. The fraction of sp³-hybridized carbons (Fsp3) is 0.217. The number of carbonyl (C=O) groups is 1. The number of aryl methyl sites for hydroxylation is 2. The first kappa shape index (κ1) is 19.9. The second kappa shape index (κ2) is 8.89. The maximum atomic E-state index is 13.5. The third-order valence-electron chi connectivity index (χ3n) is 4.69. The highest BCUT2D eigenvalue weighted by Crippen LogP contribution is 2.28. The Morgan fingerprint density at radius 1 is 1.00 bits per heavy atom. The summed E-state index contributed by atoms with van der Waals surface area (Å²) < 4.78 is 0. The molecule has 3 rings (SSSR count). The molecule has 1 N–H and O–H groups in total. The van der Waals surface area contributed by atoms with Gasteiger partial charge in [0.25, 0.3) is 5.91 Å². The number of benzene rings is 2. The molecule has 0 saturated carbocycles. The number of para-hydroxylation sites is 1. The number of anilines is 1. The van der Waals surface area contributed by atoms with Crippen molar-refractivity contribution in [1.82, 2.24) is 4.98 Å². The minimum atomic E-state index is -0.349. The van der Waals surface area contributed by atoms with Crippen LogP contribution in [0, 0.1) is 0 Å². The second-order valence-electron chi connectivity index (χ2n) is 6.55. The Morgan fingerprint density at radius 2 is 1.68 bits per heavy atom. The van der Waals surface area contributed by atoms with E-state index in [0.29, 0.717) is 35.8 Å². The third kappa shape index (κ3) is 4.18. The summed E-state index contributed by atoms with van der Waals surface area (Å²) in [5.41, 5.74) is 2.93. The average molecular weight is 395 g/mol. The van der Waals surface area contributed by atoms with E-state index in [0.717, 1.165) is 11.3 Å². The van der Waals surface area contributed by atoms with E-state index in [9.17, 15) is 9.59 Å². The van der Waals surface area contributed by atoms with Crippen LogP contribution in [0.2, 0.25) is 5.02 Å². The number of aromatic nitrogens is 1. The molecule has 0 radical (unpaired) electrons. The second-order valence-corrected chi connectivity index (χ2v) is 6.95. The van der Waals surface area contributed by atoms with Crippen molar-refractivity contribution >= 4 is 23.2 Å². The van der Waals surface area contributed by atoms with Crippen molar-refractivity contribution in [1.29, 1.82) is 0 Å². The molecule has 0 unspecified atom stereocenters. The molecule has 3 aromatic rings. The molecule has 0 saturated heterocycles. The fourth-order valence-corrected chi connectivity index (χ4v) is 3.44. The number of hydrogen-bond acceptors (Lipinski definition) is 2. The summed E-state index contributed by atoms with van der Waals surface area (Å²) >= 11 is 6.40. The minimum absolute atomic E-state index is 0.176. The van der Waals surface area contributed by atoms with E-state index in [1.807, 2.05) is 56.3 Å². The highest BCUT2D eigenvalue weighted by atomic mass is 35.5. The SMILES string of the molecule is CCc1cc(=O)c(C(=O)N(Cc2ccccc2)c2ccccc2Cl)c(CC)[nH]1. The van der Waals surface area contributed by atoms with E-state index in [1.165, 1.54) is 6.07 Å². The third-order valence-corrected chi connectivity index (χ3v) is 5.00. The van der Waals surface area contributed by atoms with Gasteiger partial charge in [0.2, 0.25) is 0 Å². The van der Waals surface area contributed by atoms with Crippen molar-refractivity contribution < 1.29 is 4.79 Å². The maximum absolute atomic E-state index is 13.5. The molecule has 28 heavy (non-hydrogen) atoms. The largest absolute Gasteiger partial charge is 0.361 e. The van der Waals surface area contributed by atoms with Gasteiger partial charge < -0.3 is 9.88 Å². The summed E-state index contributed by atoms with van der Waals surface area (Å²) in [5, 5.41) is 0.464. The summed E-state index contributed by atoms with van der Waals surface area (Å²) in [6, 6.07) is 18.4. The lowest BCUT2D eigenvalue weighted by molar-refractivity contribution is 0.0982. The van der Waals surface area contributed by atoms with Crippen LogP contribution < -0.4 is 10.3 Å². The minimum Gasteiger partial charge on any atom is -0.361 e. The van der Waals surface area contributed by atoms with Crippen LogP contribution in [0.4, 0.5) is 5.69 Å². The molecule has 5 heteroatoms. The van der Waals surface area contributed by atoms with Crippen molar-refractivity contribution in [3.8, 4) is 0 Å². The molecule has 0 aliphatic rings. The van der Waals surface area contributed by atoms with Gasteiger partial charge in [0, 0.05) is 17.5 Å². The number of hydrogen-bond donors (Lipinski definition) is 1. The standard InChI is InChI=1S/C23H23ClN2O2/c1-3-17-14-21(27)22(19(4-2)25-17)23(28)26(15-16-10-6-5-7-11-16)20-13-9-8-12-18(20)24/h5-14H,3-4,15H2,1-2H3,(H,25,27). The van der Waals surface area contributed by atoms with Crippen LogP contribution in [0.3, 0.4) is 0 Å². The first-order valence-electron chi connectivity index (χ1n) is 9.40. The summed E-state index contributed by atoms with van der Waals surface area (Å²) in [4.78, 5) is 31.2. The smallest absolute Gasteiger partial charge is 0.264 e. The molecule has 4 nitrogen and oxygen atoms in total. The van der Waals surface area contributed by atoms with Crippen LogP contribution >= 0.6 is 11.6 Å². The van der Waals surface area contributed by atoms with Crippen molar-refractivity contribution in [2.75, 3.05) is 4.90 Å². The number of halogens is 1. The Morgan fingerprint density at radius 3 is 2.32 bits per heavy atom. The van der Waals surface area contributed by atoms with Gasteiger partial charge in [-0.25, -0.2) is 0 Å². The van der Waals surface area contributed by atoms with Gasteiger partial charge in [0.15, 0.2) is 5.43 Å². The molecule has 0 bridgehead atoms. The van der Waals surface area contributed by atoms with E-state index in [4.69, 9.17) is 11.6 Å². The number of carbonyl (C=O) groups excluding carboxylic acids is 1. The van der Waals surface area contributed by atoms with Gasteiger partial charge in [-0.1, -0.05) is 67.9 Å². The van der Waals surface area contributed by atoms with Gasteiger partial charge in [-0.15, -0.1) is 0 Å². The summed E-state index contributed by atoms with van der Waals surface area (Å²) in [7, 11) is 0. The molecule has 1 aromatic heterocycles. The Labute approximate surface area is 169 Å². The monoisotopic (exact) mass is 394 g/mol. The predicted molar refractivity (Wildman–Crippen MR) is 114 cm³/mol. The highest BCUT2D eigenvalue weighted by Gasteiger charge is 2.25. The molecule has 144 valence electrons. The molecule has 1 heterocycles. The molecular formula is C23H23ClN2O2. The molecular weight excluding hydrogens is 372 g/mol. The van der Waals surface area contributed by atoms with Crippen molar-refractivity contribution in [2.24, 2.45) is 0 Å².